The van der Waals surface area contributed by atoms with E-state index in [1.807, 2.05) is 30.4 Å². The summed E-state index contributed by atoms with van der Waals surface area (Å²) in [6, 6.07) is 5.51. The number of rotatable bonds is 7. The molecule has 0 spiro atoms. The molecule has 4 heteroatoms. The SMILES string of the molecule is C=CCC1=CCC(C)C(C(=N)CC2C=Cc3ccc(CC(=O)O)cc3O2)C1. The van der Waals surface area contributed by atoms with Gasteiger partial charge in [0.05, 0.1) is 6.42 Å². The number of hydrogen-bond acceptors (Lipinski definition) is 3. The Hall–Kier alpha value is -2.62. The van der Waals surface area contributed by atoms with Crippen molar-refractivity contribution in [1.82, 2.24) is 0 Å². The summed E-state index contributed by atoms with van der Waals surface area (Å²) >= 11 is 0. The van der Waals surface area contributed by atoms with Gasteiger partial charge < -0.3 is 15.3 Å². The molecule has 4 nitrogen and oxygen atoms in total. The lowest BCUT2D eigenvalue weighted by molar-refractivity contribution is -0.136. The Bertz CT molecular complexity index is 806. The van der Waals surface area contributed by atoms with Crippen LogP contribution in [0.2, 0.25) is 0 Å². The van der Waals surface area contributed by atoms with E-state index in [9.17, 15) is 4.79 Å². The zero-order chi connectivity index (χ0) is 19.4. The molecule has 3 unspecified atom stereocenters. The Kier molecular flexibility index (Phi) is 5.94. The molecule has 0 amide bonds. The Morgan fingerprint density at radius 2 is 2.26 bits per heavy atom. The first-order valence-corrected chi connectivity index (χ1v) is 9.52. The predicted octanol–water partition coefficient (Wildman–Crippen LogP) is 5.05. The number of nitrogens with one attached hydrogen (secondary N) is 1. The lowest BCUT2D eigenvalue weighted by Crippen LogP contribution is -2.29. The average Bonchev–Trinajstić information content (AvgIpc) is 2.62. The molecule has 2 N–H and O–H groups in total. The van der Waals surface area contributed by atoms with Gasteiger partial charge in [0.2, 0.25) is 0 Å². The number of fused-ring (bicyclic) bond motifs is 1. The highest BCUT2D eigenvalue weighted by molar-refractivity contribution is 5.85. The van der Waals surface area contributed by atoms with Crippen LogP contribution in [0.4, 0.5) is 0 Å². The monoisotopic (exact) mass is 365 g/mol. The van der Waals surface area contributed by atoms with Gasteiger partial charge in [0.25, 0.3) is 0 Å². The topological polar surface area (TPSA) is 70.4 Å². The fourth-order valence-electron chi connectivity index (χ4n) is 3.90. The maximum Gasteiger partial charge on any atom is 0.307 e. The summed E-state index contributed by atoms with van der Waals surface area (Å²) in [7, 11) is 0. The largest absolute Gasteiger partial charge is 0.485 e. The summed E-state index contributed by atoms with van der Waals surface area (Å²) in [5.74, 6) is 0.571. The number of carboxylic acid groups (broad SMARTS) is 1. The van der Waals surface area contributed by atoms with Gasteiger partial charge in [-0.25, -0.2) is 0 Å². The van der Waals surface area contributed by atoms with Crippen molar-refractivity contribution in [2.75, 3.05) is 0 Å². The first-order valence-electron chi connectivity index (χ1n) is 9.52. The second-order valence-electron chi connectivity index (χ2n) is 7.57. The molecule has 0 bridgehead atoms. The number of aliphatic carboxylic acids is 1. The van der Waals surface area contributed by atoms with Crippen molar-refractivity contribution >= 4 is 17.8 Å². The molecule has 3 atom stereocenters. The molecule has 0 aromatic heterocycles. The Labute approximate surface area is 160 Å². The number of allylic oxidation sites excluding steroid dienone is 3. The molecule has 1 aromatic carbocycles. The van der Waals surface area contributed by atoms with Gasteiger partial charge in [-0.2, -0.15) is 0 Å². The van der Waals surface area contributed by atoms with Gasteiger partial charge in [-0.1, -0.05) is 42.9 Å². The van der Waals surface area contributed by atoms with E-state index in [1.165, 1.54) is 5.57 Å². The number of benzene rings is 1. The number of hydrogen-bond donors (Lipinski definition) is 2. The molecule has 0 fully saturated rings. The van der Waals surface area contributed by atoms with E-state index in [0.29, 0.717) is 18.1 Å². The standard InChI is InChI=1S/C23H27NO3/c1-3-4-16-6-5-15(2)20(11-16)21(24)14-19-10-9-18-8-7-17(13-23(25)26)12-22(18)27-19/h3,6-10,12,15,19-20,24H,1,4-5,11,13-14H2,2H3,(H,25,26). The number of carboxylic acids is 1. The van der Waals surface area contributed by atoms with Crippen LogP contribution in [0.15, 0.2) is 48.6 Å². The molecule has 27 heavy (non-hydrogen) atoms. The summed E-state index contributed by atoms with van der Waals surface area (Å²) in [5, 5.41) is 17.6. The van der Waals surface area contributed by atoms with Crippen LogP contribution in [0.1, 0.15) is 43.7 Å². The van der Waals surface area contributed by atoms with Gasteiger partial charge in [0.15, 0.2) is 0 Å². The highest BCUT2D eigenvalue weighted by Gasteiger charge is 2.28. The van der Waals surface area contributed by atoms with E-state index >= 15 is 0 Å². The van der Waals surface area contributed by atoms with Crippen LogP contribution in [0.3, 0.4) is 0 Å². The minimum absolute atomic E-state index is 0.0150. The molecule has 1 heterocycles. The Balaban J connectivity index is 1.65. The van der Waals surface area contributed by atoms with Crippen LogP contribution in [0.25, 0.3) is 6.08 Å². The lowest BCUT2D eigenvalue weighted by atomic mass is 9.76. The second kappa shape index (κ2) is 8.38. The van der Waals surface area contributed by atoms with Gasteiger partial charge in [-0.15, -0.1) is 6.58 Å². The van der Waals surface area contributed by atoms with E-state index in [2.05, 4.69) is 19.6 Å². The molecule has 0 saturated carbocycles. The molecular weight excluding hydrogens is 338 g/mol. The van der Waals surface area contributed by atoms with E-state index in [-0.39, 0.29) is 18.4 Å². The van der Waals surface area contributed by atoms with Crippen molar-refractivity contribution in [3.63, 3.8) is 0 Å². The third-order valence-electron chi connectivity index (χ3n) is 5.42. The predicted molar refractivity (Wildman–Crippen MR) is 108 cm³/mol. The van der Waals surface area contributed by atoms with Crippen molar-refractivity contribution in [3.05, 3.63) is 59.7 Å². The normalized spacial score (nSPS) is 23.7. The van der Waals surface area contributed by atoms with Crippen molar-refractivity contribution in [3.8, 4) is 5.75 Å². The Morgan fingerprint density at radius 1 is 1.44 bits per heavy atom. The minimum atomic E-state index is -0.853. The lowest BCUT2D eigenvalue weighted by Gasteiger charge is -2.31. The Morgan fingerprint density at radius 3 is 3.00 bits per heavy atom. The molecule has 3 rings (SSSR count). The molecule has 1 aliphatic heterocycles. The number of carbonyl (C=O) groups is 1. The van der Waals surface area contributed by atoms with Crippen molar-refractivity contribution in [2.24, 2.45) is 11.8 Å². The van der Waals surface area contributed by atoms with Gasteiger partial charge in [0.1, 0.15) is 11.9 Å². The van der Waals surface area contributed by atoms with Crippen LogP contribution < -0.4 is 4.74 Å². The summed E-state index contributed by atoms with van der Waals surface area (Å²) < 4.78 is 6.07. The molecule has 142 valence electrons. The van der Waals surface area contributed by atoms with Crippen LogP contribution in [-0.4, -0.2) is 22.9 Å². The smallest absolute Gasteiger partial charge is 0.307 e. The fraction of sp³-hybridized carbons (Fsp3) is 0.391. The maximum absolute atomic E-state index is 10.9. The maximum atomic E-state index is 10.9. The molecule has 2 aliphatic rings. The minimum Gasteiger partial charge on any atom is -0.485 e. The first-order chi connectivity index (χ1) is 13.0. The second-order valence-corrected chi connectivity index (χ2v) is 7.57. The molecule has 1 aliphatic carbocycles. The molecule has 1 aromatic rings. The molecule has 0 radical (unpaired) electrons. The van der Waals surface area contributed by atoms with E-state index in [0.717, 1.165) is 36.1 Å². The van der Waals surface area contributed by atoms with Crippen LogP contribution in [0.5, 0.6) is 5.75 Å². The number of ether oxygens (including phenoxy) is 1. The van der Waals surface area contributed by atoms with Gasteiger partial charge in [-0.05, 0) is 42.9 Å². The average molecular weight is 365 g/mol. The van der Waals surface area contributed by atoms with Crippen molar-refractivity contribution in [2.45, 2.75) is 45.1 Å². The fourth-order valence-corrected chi connectivity index (χ4v) is 3.90. The van der Waals surface area contributed by atoms with E-state index in [4.69, 9.17) is 15.3 Å². The van der Waals surface area contributed by atoms with Crippen LogP contribution in [-0.2, 0) is 11.2 Å². The first kappa shape index (κ1) is 19.2. The van der Waals surface area contributed by atoms with Gasteiger partial charge in [-0.3, -0.25) is 4.79 Å². The van der Waals surface area contributed by atoms with E-state index in [1.54, 1.807) is 6.07 Å². The summed E-state index contributed by atoms with van der Waals surface area (Å²) in [5.41, 5.74) is 3.79. The summed E-state index contributed by atoms with van der Waals surface area (Å²) in [4.78, 5) is 10.9. The van der Waals surface area contributed by atoms with E-state index < -0.39 is 5.97 Å². The highest BCUT2D eigenvalue weighted by Crippen LogP contribution is 2.34. The van der Waals surface area contributed by atoms with Crippen molar-refractivity contribution in [1.29, 1.82) is 5.41 Å². The van der Waals surface area contributed by atoms with Crippen molar-refractivity contribution < 1.29 is 14.6 Å². The third kappa shape index (κ3) is 4.76. The highest BCUT2D eigenvalue weighted by atomic mass is 16.5. The van der Waals surface area contributed by atoms with Crippen LogP contribution in [0, 0.1) is 17.2 Å². The summed E-state index contributed by atoms with van der Waals surface area (Å²) in [6.07, 6.45) is 11.5. The third-order valence-corrected chi connectivity index (χ3v) is 5.42. The quantitative estimate of drug-likeness (QED) is 0.525. The van der Waals surface area contributed by atoms with Crippen LogP contribution >= 0.6 is 0 Å². The zero-order valence-corrected chi connectivity index (χ0v) is 15.8. The summed E-state index contributed by atoms with van der Waals surface area (Å²) in [6.45, 7) is 6.04. The molecular formula is C23H27NO3. The molecule has 0 saturated heterocycles. The van der Waals surface area contributed by atoms with Gasteiger partial charge >= 0.3 is 5.97 Å². The zero-order valence-electron chi connectivity index (χ0n) is 15.8. The van der Waals surface area contributed by atoms with Gasteiger partial charge in [0, 0.05) is 23.6 Å².